The molecule has 2 heterocycles. The minimum Gasteiger partial charge on any atom is -0.465 e. The van der Waals surface area contributed by atoms with Crippen LogP contribution in [0.15, 0.2) is 30.6 Å². The molecule has 188 valence electrons. The summed E-state index contributed by atoms with van der Waals surface area (Å²) in [6, 6.07) is 3.96. The molecule has 0 aliphatic carbocycles. The fourth-order valence-electron chi connectivity index (χ4n) is 3.17. The molecule has 2 aromatic heterocycles. The van der Waals surface area contributed by atoms with Gasteiger partial charge in [-0.3, -0.25) is 4.68 Å². The largest absolute Gasteiger partial charge is 0.465 e. The first-order chi connectivity index (χ1) is 16.5. The second-order valence-electron chi connectivity index (χ2n) is 7.92. The van der Waals surface area contributed by atoms with E-state index in [9.17, 15) is 9.00 Å². The lowest BCUT2D eigenvalue weighted by molar-refractivity contribution is 0.191. The van der Waals surface area contributed by atoms with Crippen LogP contribution in [0.1, 0.15) is 26.8 Å². The SMILES string of the molecule is CC(C)n1cc(-c2ccnc(NC[C@H](C)NC(=O)O)n2)c(-c2cc(Cl)cc(NCS(=O)O)c2F)n1. The number of halogens is 2. The molecule has 0 aliphatic rings. The smallest absolute Gasteiger partial charge is 0.404 e. The Morgan fingerprint density at radius 3 is 2.66 bits per heavy atom. The number of hydrogen-bond acceptors (Lipinski definition) is 7. The number of carbonyl (C=O) groups is 1. The van der Waals surface area contributed by atoms with Crippen LogP contribution in [0.25, 0.3) is 22.5 Å². The maximum absolute atomic E-state index is 15.4. The topological polar surface area (TPSA) is 154 Å². The standard InChI is InChI=1S/C21H25ClFN7O4S/c1-11(2)30-9-15(16-4-5-24-20(28-16)25-8-12(3)27-21(31)32)19(29-30)14-6-13(22)7-17(18(14)23)26-10-35(33)34/h4-7,9,11-12,26-27H,8,10H2,1-3H3,(H,31,32)(H,33,34)(H,24,25,28)/t12-/m0/s1. The summed E-state index contributed by atoms with van der Waals surface area (Å²) in [7, 11) is 0. The van der Waals surface area contributed by atoms with Gasteiger partial charge in [-0.15, -0.1) is 0 Å². The van der Waals surface area contributed by atoms with Gasteiger partial charge in [0, 0.05) is 47.2 Å². The van der Waals surface area contributed by atoms with Crippen LogP contribution in [0.2, 0.25) is 5.02 Å². The van der Waals surface area contributed by atoms with E-state index in [1.54, 1.807) is 23.9 Å². The summed E-state index contributed by atoms with van der Waals surface area (Å²) in [5.74, 6) is -0.805. The quantitative estimate of drug-likeness (QED) is 0.247. The van der Waals surface area contributed by atoms with Crippen LogP contribution in [0.5, 0.6) is 0 Å². The summed E-state index contributed by atoms with van der Waals surface area (Å²) in [6.07, 6.45) is 2.12. The van der Waals surface area contributed by atoms with E-state index in [1.165, 1.54) is 18.3 Å². The number of amides is 1. The molecule has 1 aromatic carbocycles. The number of aromatic nitrogens is 4. The molecule has 5 N–H and O–H groups in total. The summed E-state index contributed by atoms with van der Waals surface area (Å²) < 4.78 is 37.2. The molecule has 0 bridgehead atoms. The van der Waals surface area contributed by atoms with Gasteiger partial charge in [-0.05, 0) is 39.0 Å². The van der Waals surface area contributed by atoms with Crippen molar-refractivity contribution in [1.82, 2.24) is 25.1 Å². The van der Waals surface area contributed by atoms with Crippen LogP contribution in [0.3, 0.4) is 0 Å². The van der Waals surface area contributed by atoms with E-state index in [0.29, 0.717) is 11.3 Å². The normalized spacial score (nSPS) is 12.9. The number of carboxylic acid groups (broad SMARTS) is 1. The zero-order valence-corrected chi connectivity index (χ0v) is 20.7. The van der Waals surface area contributed by atoms with E-state index in [1.807, 2.05) is 13.8 Å². The second kappa shape index (κ2) is 11.4. The Kier molecular flexibility index (Phi) is 8.59. The van der Waals surface area contributed by atoms with Crippen LogP contribution >= 0.6 is 11.6 Å². The van der Waals surface area contributed by atoms with Gasteiger partial charge < -0.3 is 25.6 Å². The molecule has 11 nitrogen and oxygen atoms in total. The van der Waals surface area contributed by atoms with Crippen LogP contribution in [-0.2, 0) is 11.1 Å². The van der Waals surface area contributed by atoms with Gasteiger partial charge in [-0.1, -0.05) is 11.6 Å². The molecule has 0 spiro atoms. The maximum atomic E-state index is 15.4. The van der Waals surface area contributed by atoms with Crippen molar-refractivity contribution in [3.05, 3.63) is 41.4 Å². The number of nitrogens with one attached hydrogen (secondary N) is 3. The molecule has 3 rings (SSSR count). The highest BCUT2D eigenvalue weighted by Crippen LogP contribution is 2.37. The predicted molar refractivity (Wildman–Crippen MR) is 132 cm³/mol. The van der Waals surface area contributed by atoms with Crippen LogP contribution in [-0.4, -0.2) is 58.2 Å². The molecule has 1 amide bonds. The Hall–Kier alpha value is -3.29. The van der Waals surface area contributed by atoms with E-state index in [0.717, 1.165) is 0 Å². The van der Waals surface area contributed by atoms with Gasteiger partial charge in [0.05, 0.1) is 11.4 Å². The number of benzene rings is 1. The van der Waals surface area contributed by atoms with E-state index in [-0.39, 0.29) is 46.4 Å². The van der Waals surface area contributed by atoms with Gasteiger partial charge in [0.2, 0.25) is 5.95 Å². The van der Waals surface area contributed by atoms with Crippen molar-refractivity contribution >= 4 is 40.4 Å². The Morgan fingerprint density at radius 1 is 1.26 bits per heavy atom. The summed E-state index contributed by atoms with van der Waals surface area (Å²) in [5, 5.41) is 21.5. The molecule has 2 atom stereocenters. The molecular formula is C21H25ClFN7O4S. The van der Waals surface area contributed by atoms with Crippen molar-refractivity contribution in [2.24, 2.45) is 0 Å². The van der Waals surface area contributed by atoms with Gasteiger partial charge in [0.15, 0.2) is 16.9 Å². The number of rotatable bonds is 10. The Labute approximate surface area is 208 Å². The summed E-state index contributed by atoms with van der Waals surface area (Å²) in [5.41, 5.74) is 1.29. The van der Waals surface area contributed by atoms with Gasteiger partial charge in [0.1, 0.15) is 11.6 Å². The lowest BCUT2D eigenvalue weighted by Crippen LogP contribution is -2.36. The summed E-state index contributed by atoms with van der Waals surface area (Å²) in [4.78, 5) is 19.4. The minimum atomic E-state index is -2.18. The fourth-order valence-corrected chi connectivity index (χ4v) is 3.67. The van der Waals surface area contributed by atoms with Crippen molar-refractivity contribution in [3.63, 3.8) is 0 Å². The van der Waals surface area contributed by atoms with Gasteiger partial charge >= 0.3 is 6.09 Å². The Bertz CT molecular complexity index is 1240. The molecule has 0 saturated carbocycles. The molecule has 0 fully saturated rings. The molecule has 0 saturated heterocycles. The third kappa shape index (κ3) is 6.87. The number of anilines is 2. The zero-order chi connectivity index (χ0) is 25.7. The van der Waals surface area contributed by atoms with Gasteiger partial charge in [-0.2, -0.15) is 5.10 Å². The molecular weight excluding hydrogens is 501 g/mol. The average molecular weight is 526 g/mol. The van der Waals surface area contributed by atoms with Crippen molar-refractivity contribution in [1.29, 1.82) is 0 Å². The minimum absolute atomic E-state index is 0.0371. The lowest BCUT2D eigenvalue weighted by atomic mass is 10.0. The number of hydrogen-bond donors (Lipinski definition) is 5. The third-order valence-electron chi connectivity index (χ3n) is 4.81. The maximum Gasteiger partial charge on any atom is 0.404 e. The summed E-state index contributed by atoms with van der Waals surface area (Å²) in [6.45, 7) is 5.78. The van der Waals surface area contributed by atoms with Gasteiger partial charge in [0.25, 0.3) is 0 Å². The highest BCUT2D eigenvalue weighted by molar-refractivity contribution is 7.79. The fraction of sp³-hybridized carbons (Fsp3) is 0.333. The lowest BCUT2D eigenvalue weighted by Gasteiger charge is -2.13. The van der Waals surface area contributed by atoms with Crippen LogP contribution < -0.4 is 16.0 Å². The first-order valence-electron chi connectivity index (χ1n) is 10.5. The van der Waals surface area contributed by atoms with E-state index in [4.69, 9.17) is 21.3 Å². The van der Waals surface area contributed by atoms with Crippen molar-refractivity contribution in [3.8, 4) is 22.5 Å². The Morgan fingerprint density at radius 2 is 2.00 bits per heavy atom. The van der Waals surface area contributed by atoms with Crippen molar-refractivity contribution in [2.45, 2.75) is 32.9 Å². The molecule has 35 heavy (non-hydrogen) atoms. The first kappa shape index (κ1) is 26.3. The van der Waals surface area contributed by atoms with Gasteiger partial charge in [-0.25, -0.2) is 23.4 Å². The van der Waals surface area contributed by atoms with Crippen molar-refractivity contribution < 1.29 is 23.1 Å². The molecule has 0 aliphatic heterocycles. The van der Waals surface area contributed by atoms with Crippen molar-refractivity contribution in [2.75, 3.05) is 23.1 Å². The zero-order valence-electron chi connectivity index (χ0n) is 19.1. The average Bonchev–Trinajstić information content (AvgIpc) is 3.23. The van der Waals surface area contributed by atoms with E-state index in [2.05, 4.69) is 31.0 Å². The highest BCUT2D eigenvalue weighted by atomic mass is 35.5. The first-order valence-corrected chi connectivity index (χ1v) is 12.2. The third-order valence-corrected chi connectivity index (χ3v) is 5.42. The van der Waals surface area contributed by atoms with E-state index >= 15 is 4.39 Å². The summed E-state index contributed by atoms with van der Waals surface area (Å²) >= 11 is 4.04. The van der Waals surface area contributed by atoms with Crippen LogP contribution in [0.4, 0.5) is 20.8 Å². The Balaban J connectivity index is 2.02. The second-order valence-corrected chi connectivity index (χ2v) is 9.29. The highest BCUT2D eigenvalue weighted by Gasteiger charge is 2.22. The predicted octanol–water partition coefficient (Wildman–Crippen LogP) is 4.04. The molecule has 14 heteroatoms. The monoisotopic (exact) mass is 525 g/mol. The molecule has 1 unspecified atom stereocenters. The molecule has 0 radical (unpaired) electrons. The number of nitrogens with zero attached hydrogens (tertiary/aromatic N) is 4. The van der Waals surface area contributed by atoms with E-state index < -0.39 is 29.0 Å². The van der Waals surface area contributed by atoms with Crippen LogP contribution in [0, 0.1) is 5.82 Å². The molecule has 3 aromatic rings.